The standard InChI is InChI=1S/C36H38N6O4/c1-24-9-11-26(12-10-24)42-33(23-32(40-42)36(2,3)4)39-35(44)38-30-13-14-31(29-8-6-5-7-28(29)30)46-27-15-16-37-25(21-27)22-34(43)41-17-19-45-20-18-41/h5-16,21,23H,17-20,22H2,1-4H3,(H2,38,39,44). The smallest absolute Gasteiger partial charge is 0.324 e. The zero-order valence-electron chi connectivity index (χ0n) is 26.5. The van der Waals surface area contributed by atoms with Crippen molar-refractivity contribution < 1.29 is 19.1 Å². The van der Waals surface area contributed by atoms with Crippen LogP contribution in [0.5, 0.6) is 11.5 Å². The van der Waals surface area contributed by atoms with Crippen LogP contribution in [0.4, 0.5) is 16.3 Å². The minimum atomic E-state index is -0.392. The van der Waals surface area contributed by atoms with Crippen LogP contribution in [0.1, 0.15) is 37.7 Å². The molecule has 3 aromatic carbocycles. The number of urea groups is 1. The summed E-state index contributed by atoms with van der Waals surface area (Å²) in [5.74, 6) is 1.77. The molecule has 1 saturated heterocycles. The number of hydrogen-bond acceptors (Lipinski definition) is 6. The molecule has 0 aliphatic carbocycles. The lowest BCUT2D eigenvalue weighted by Gasteiger charge is -2.26. The first-order valence-electron chi connectivity index (χ1n) is 15.4. The summed E-state index contributed by atoms with van der Waals surface area (Å²) >= 11 is 0. The van der Waals surface area contributed by atoms with Crippen LogP contribution in [0.25, 0.3) is 16.5 Å². The van der Waals surface area contributed by atoms with Crippen molar-refractivity contribution in [2.45, 2.75) is 39.5 Å². The Morgan fingerprint density at radius 2 is 1.65 bits per heavy atom. The zero-order valence-corrected chi connectivity index (χ0v) is 26.5. The van der Waals surface area contributed by atoms with Gasteiger partial charge in [-0.1, -0.05) is 62.7 Å². The van der Waals surface area contributed by atoms with Crippen molar-refractivity contribution in [3.05, 3.63) is 102 Å². The zero-order chi connectivity index (χ0) is 32.3. The van der Waals surface area contributed by atoms with Gasteiger partial charge in [0.15, 0.2) is 0 Å². The van der Waals surface area contributed by atoms with Crippen molar-refractivity contribution in [1.82, 2.24) is 19.7 Å². The molecule has 2 aromatic heterocycles. The molecule has 0 radical (unpaired) electrons. The van der Waals surface area contributed by atoms with E-state index in [-0.39, 0.29) is 17.7 Å². The third kappa shape index (κ3) is 7.02. The van der Waals surface area contributed by atoms with E-state index in [2.05, 4.69) is 36.4 Å². The number of benzene rings is 3. The molecule has 2 N–H and O–H groups in total. The van der Waals surface area contributed by atoms with Crippen LogP contribution in [0.3, 0.4) is 0 Å². The molecule has 0 atom stereocenters. The molecule has 236 valence electrons. The van der Waals surface area contributed by atoms with Gasteiger partial charge in [0.05, 0.1) is 42.4 Å². The third-order valence-electron chi connectivity index (χ3n) is 7.84. The predicted octanol–water partition coefficient (Wildman–Crippen LogP) is 6.86. The summed E-state index contributed by atoms with van der Waals surface area (Å²) in [6.07, 6.45) is 1.84. The highest BCUT2D eigenvalue weighted by molar-refractivity contribution is 6.07. The van der Waals surface area contributed by atoms with Crippen LogP contribution < -0.4 is 15.4 Å². The number of carbonyl (C=O) groups excluding carboxylic acids is 2. The normalized spacial score (nSPS) is 13.4. The number of amides is 3. The van der Waals surface area contributed by atoms with Crippen LogP contribution in [0.15, 0.2) is 85.1 Å². The minimum absolute atomic E-state index is 0.0173. The molecule has 1 fully saturated rings. The molecule has 5 aromatic rings. The number of ether oxygens (including phenoxy) is 2. The van der Waals surface area contributed by atoms with Gasteiger partial charge >= 0.3 is 6.03 Å². The second-order valence-electron chi connectivity index (χ2n) is 12.4. The van der Waals surface area contributed by atoms with Crippen molar-refractivity contribution in [1.29, 1.82) is 0 Å². The molecule has 1 aliphatic heterocycles. The first-order valence-corrected chi connectivity index (χ1v) is 15.4. The van der Waals surface area contributed by atoms with E-state index < -0.39 is 6.03 Å². The molecule has 3 heterocycles. The Hall–Kier alpha value is -5.22. The van der Waals surface area contributed by atoms with E-state index in [1.54, 1.807) is 27.9 Å². The van der Waals surface area contributed by atoms with E-state index in [9.17, 15) is 9.59 Å². The molecule has 10 nitrogen and oxygen atoms in total. The maximum Gasteiger partial charge on any atom is 0.324 e. The second-order valence-corrected chi connectivity index (χ2v) is 12.4. The number of rotatable bonds is 7. The quantitative estimate of drug-likeness (QED) is 0.206. The lowest BCUT2D eigenvalue weighted by atomic mass is 9.92. The largest absolute Gasteiger partial charge is 0.457 e. The van der Waals surface area contributed by atoms with Crippen molar-refractivity contribution in [2.24, 2.45) is 0 Å². The maximum atomic E-state index is 13.4. The summed E-state index contributed by atoms with van der Waals surface area (Å²) in [7, 11) is 0. The van der Waals surface area contributed by atoms with Crippen molar-refractivity contribution in [3.63, 3.8) is 0 Å². The van der Waals surface area contributed by atoms with Gasteiger partial charge in [-0.15, -0.1) is 0 Å². The summed E-state index contributed by atoms with van der Waals surface area (Å²) in [6.45, 7) is 10.6. The Morgan fingerprint density at radius 1 is 0.913 bits per heavy atom. The lowest BCUT2D eigenvalue weighted by molar-refractivity contribution is -0.134. The summed E-state index contributed by atoms with van der Waals surface area (Å²) in [6, 6.07) is 24.4. The van der Waals surface area contributed by atoms with E-state index in [4.69, 9.17) is 14.6 Å². The molecule has 0 unspecified atom stereocenters. The molecule has 0 spiro atoms. The maximum absolute atomic E-state index is 13.4. The monoisotopic (exact) mass is 618 g/mol. The Balaban J connectivity index is 1.20. The highest BCUT2D eigenvalue weighted by Crippen LogP contribution is 2.35. The first kappa shape index (κ1) is 30.8. The lowest BCUT2D eigenvalue weighted by Crippen LogP contribution is -2.41. The van der Waals surface area contributed by atoms with Crippen LogP contribution in [0, 0.1) is 6.92 Å². The van der Waals surface area contributed by atoms with E-state index in [1.807, 2.05) is 73.7 Å². The molecule has 10 heteroatoms. The fourth-order valence-electron chi connectivity index (χ4n) is 5.28. The SMILES string of the molecule is Cc1ccc(-n2nc(C(C)(C)C)cc2NC(=O)Nc2ccc(Oc3ccnc(CC(=O)N4CCOCC4)c3)c3ccccc23)cc1. The van der Waals surface area contributed by atoms with E-state index in [0.29, 0.717) is 55.0 Å². The number of pyridine rings is 1. The van der Waals surface area contributed by atoms with Crippen molar-refractivity contribution in [2.75, 3.05) is 36.9 Å². The van der Waals surface area contributed by atoms with Gasteiger partial charge in [-0.25, -0.2) is 9.48 Å². The number of carbonyl (C=O) groups is 2. The van der Waals surface area contributed by atoms with Gasteiger partial charge in [0.25, 0.3) is 0 Å². The topological polar surface area (TPSA) is 111 Å². The number of morpholine rings is 1. The van der Waals surface area contributed by atoms with Gasteiger partial charge in [-0.3, -0.25) is 15.1 Å². The molecule has 0 saturated carbocycles. The highest BCUT2D eigenvalue weighted by Gasteiger charge is 2.22. The van der Waals surface area contributed by atoms with Gasteiger partial charge < -0.3 is 19.7 Å². The van der Waals surface area contributed by atoms with Gasteiger partial charge in [-0.05, 0) is 37.3 Å². The fourth-order valence-corrected chi connectivity index (χ4v) is 5.28. The Kier molecular flexibility index (Phi) is 8.72. The molecule has 0 bridgehead atoms. The highest BCUT2D eigenvalue weighted by atomic mass is 16.5. The average molecular weight is 619 g/mol. The second kappa shape index (κ2) is 13.0. The average Bonchev–Trinajstić information content (AvgIpc) is 3.47. The molecule has 46 heavy (non-hydrogen) atoms. The Bertz CT molecular complexity index is 1870. The van der Waals surface area contributed by atoms with Crippen LogP contribution in [0.2, 0.25) is 0 Å². The van der Waals surface area contributed by atoms with Gasteiger partial charge in [0.1, 0.15) is 17.3 Å². The number of aryl methyl sites for hydroxylation is 1. The molecule has 6 rings (SSSR count). The van der Waals surface area contributed by atoms with Crippen LogP contribution in [-0.4, -0.2) is 57.9 Å². The molecular weight excluding hydrogens is 580 g/mol. The Morgan fingerprint density at radius 3 is 2.39 bits per heavy atom. The number of fused-ring (bicyclic) bond motifs is 1. The van der Waals surface area contributed by atoms with Crippen molar-refractivity contribution in [3.8, 4) is 17.2 Å². The van der Waals surface area contributed by atoms with Crippen molar-refractivity contribution >= 4 is 34.2 Å². The summed E-state index contributed by atoms with van der Waals surface area (Å²) in [5, 5.41) is 12.5. The fraction of sp³-hybridized carbons (Fsp3) is 0.278. The number of hydrogen-bond donors (Lipinski definition) is 2. The third-order valence-corrected chi connectivity index (χ3v) is 7.84. The van der Waals surface area contributed by atoms with Gasteiger partial charge in [0, 0.05) is 47.6 Å². The van der Waals surface area contributed by atoms with Crippen LogP contribution >= 0.6 is 0 Å². The van der Waals surface area contributed by atoms with Crippen LogP contribution in [-0.2, 0) is 21.4 Å². The number of aromatic nitrogens is 3. The summed E-state index contributed by atoms with van der Waals surface area (Å²) in [4.78, 5) is 32.3. The number of nitrogens with zero attached hydrogens (tertiary/aromatic N) is 4. The van der Waals surface area contributed by atoms with Gasteiger partial charge in [-0.2, -0.15) is 5.10 Å². The Labute approximate surface area is 268 Å². The number of nitrogens with one attached hydrogen (secondary N) is 2. The van der Waals surface area contributed by atoms with E-state index in [0.717, 1.165) is 27.7 Å². The van der Waals surface area contributed by atoms with Gasteiger partial charge in [0.2, 0.25) is 5.91 Å². The number of anilines is 2. The summed E-state index contributed by atoms with van der Waals surface area (Å²) < 4.78 is 13.4. The molecule has 3 amide bonds. The first-order chi connectivity index (χ1) is 22.1. The van der Waals surface area contributed by atoms with E-state index >= 15 is 0 Å². The minimum Gasteiger partial charge on any atom is -0.457 e. The summed E-state index contributed by atoms with van der Waals surface area (Å²) in [5.41, 5.74) is 3.91. The van der Waals surface area contributed by atoms with E-state index in [1.165, 1.54) is 0 Å². The molecule has 1 aliphatic rings. The predicted molar refractivity (Wildman–Crippen MR) is 179 cm³/mol. The molecular formula is C36H38N6O4.